The van der Waals surface area contributed by atoms with E-state index in [1.807, 2.05) is 0 Å². The molecule has 0 aliphatic carbocycles. The number of carbonyl (C=O) groups excluding carboxylic acids is 1. The van der Waals surface area contributed by atoms with Gasteiger partial charge in [0.2, 0.25) is 0 Å². The van der Waals surface area contributed by atoms with Gasteiger partial charge in [-0.05, 0) is 19.1 Å². The summed E-state index contributed by atoms with van der Waals surface area (Å²) in [4.78, 5) is 11.2. The Morgan fingerprint density at radius 3 is 2.73 bits per heavy atom. The fourth-order valence-electron chi connectivity index (χ4n) is 0.936. The summed E-state index contributed by atoms with van der Waals surface area (Å²) in [6.07, 6.45) is 0. The second-order valence-electron chi connectivity index (χ2n) is 3.15. The zero-order valence-corrected chi connectivity index (χ0v) is 8.36. The third kappa shape index (κ3) is 3.07. The topological polar surface area (TPSA) is 102 Å². The number of ether oxygens (including phenoxy) is 1. The molecule has 0 radical (unpaired) electrons. The molecule has 0 aliphatic heterocycles. The molecule has 15 heavy (non-hydrogen) atoms. The Morgan fingerprint density at radius 1 is 1.53 bits per heavy atom. The van der Waals surface area contributed by atoms with Crippen LogP contribution in [-0.2, 0) is 4.79 Å². The molecule has 0 amide bonds. The molecule has 0 bridgehead atoms. The molecule has 1 rings (SSSR count). The Hall–Kier alpha value is -1.88. The first-order chi connectivity index (χ1) is 7.00. The van der Waals surface area contributed by atoms with Gasteiger partial charge >= 0.3 is 5.97 Å². The van der Waals surface area contributed by atoms with Gasteiger partial charge in [-0.25, -0.2) is 4.79 Å². The Balaban J connectivity index is 2.83. The number of nitrogen functional groups attached to an aromatic ring is 1. The lowest BCUT2D eigenvalue weighted by molar-refractivity contribution is -0.135. The van der Waals surface area contributed by atoms with Crippen LogP contribution in [0.15, 0.2) is 24.3 Å². The summed E-state index contributed by atoms with van der Waals surface area (Å²) < 4.78 is 4.95. The predicted molar refractivity (Wildman–Crippen MR) is 56.7 cm³/mol. The quantitative estimate of drug-likeness (QED) is 0.285. The molecule has 0 fully saturated rings. The lowest BCUT2D eigenvalue weighted by Crippen LogP contribution is -2.30. The van der Waals surface area contributed by atoms with Crippen LogP contribution >= 0.6 is 0 Å². The van der Waals surface area contributed by atoms with Gasteiger partial charge in [-0.3, -0.25) is 5.41 Å². The maximum absolute atomic E-state index is 11.2. The number of benzene rings is 1. The van der Waals surface area contributed by atoms with Gasteiger partial charge in [0.15, 0.2) is 0 Å². The number of hydrogen-bond acceptors (Lipinski definition) is 4. The average molecular weight is 207 g/mol. The van der Waals surface area contributed by atoms with Crippen molar-refractivity contribution < 1.29 is 9.53 Å². The van der Waals surface area contributed by atoms with Crippen molar-refractivity contribution in [3.05, 3.63) is 29.8 Å². The molecule has 1 atom stereocenters. The van der Waals surface area contributed by atoms with Crippen LogP contribution in [0.5, 0.6) is 5.75 Å². The van der Waals surface area contributed by atoms with E-state index in [0.29, 0.717) is 11.3 Å². The Morgan fingerprint density at radius 2 is 2.20 bits per heavy atom. The lowest BCUT2D eigenvalue weighted by atomic mass is 10.2. The minimum Gasteiger partial charge on any atom is -0.425 e. The van der Waals surface area contributed by atoms with Gasteiger partial charge in [-0.15, -0.1) is 0 Å². The number of carbonyl (C=O) groups is 1. The summed E-state index contributed by atoms with van der Waals surface area (Å²) in [5, 5.41) is 7.21. The molecular formula is C10H13N3O2. The van der Waals surface area contributed by atoms with Crippen LogP contribution in [0.2, 0.25) is 0 Å². The zero-order chi connectivity index (χ0) is 11.4. The molecule has 0 unspecified atom stereocenters. The number of hydrogen-bond donors (Lipinski definition) is 3. The molecule has 0 spiro atoms. The molecule has 1 aromatic rings. The van der Waals surface area contributed by atoms with Crippen molar-refractivity contribution in [2.24, 2.45) is 11.5 Å². The van der Waals surface area contributed by atoms with Crippen LogP contribution in [-0.4, -0.2) is 17.8 Å². The largest absolute Gasteiger partial charge is 0.425 e. The van der Waals surface area contributed by atoms with Gasteiger partial charge in [0.25, 0.3) is 0 Å². The predicted octanol–water partition coefficient (Wildman–Crippen LogP) is 0.223. The first-order valence-corrected chi connectivity index (χ1v) is 4.42. The van der Waals surface area contributed by atoms with Gasteiger partial charge in [-0.1, -0.05) is 12.1 Å². The van der Waals surface area contributed by atoms with Crippen molar-refractivity contribution in [3.63, 3.8) is 0 Å². The maximum Gasteiger partial charge on any atom is 0.328 e. The molecule has 5 heteroatoms. The van der Waals surface area contributed by atoms with Gasteiger partial charge in [0.1, 0.15) is 17.6 Å². The molecule has 0 saturated carbocycles. The molecule has 5 nitrogen and oxygen atoms in total. The maximum atomic E-state index is 11.2. The van der Waals surface area contributed by atoms with Crippen LogP contribution in [0, 0.1) is 5.41 Å². The van der Waals surface area contributed by atoms with E-state index in [2.05, 4.69) is 0 Å². The first-order valence-electron chi connectivity index (χ1n) is 4.42. The Kier molecular flexibility index (Phi) is 3.41. The van der Waals surface area contributed by atoms with Crippen molar-refractivity contribution in [1.82, 2.24) is 0 Å². The number of esters is 1. The highest BCUT2D eigenvalue weighted by Crippen LogP contribution is 2.13. The van der Waals surface area contributed by atoms with Crippen LogP contribution < -0.4 is 16.2 Å². The summed E-state index contributed by atoms with van der Waals surface area (Å²) in [7, 11) is 0. The summed E-state index contributed by atoms with van der Waals surface area (Å²) in [5.74, 6) is -0.255. The van der Waals surface area contributed by atoms with Crippen molar-refractivity contribution >= 4 is 11.8 Å². The SMILES string of the molecule is C[C@H](N)C(=O)Oc1cccc(C(=N)N)c1. The van der Waals surface area contributed by atoms with E-state index in [9.17, 15) is 4.79 Å². The Bertz CT molecular complexity index is 388. The van der Waals surface area contributed by atoms with E-state index in [1.54, 1.807) is 18.2 Å². The molecule has 0 aliphatic rings. The second-order valence-corrected chi connectivity index (χ2v) is 3.15. The van der Waals surface area contributed by atoms with Crippen molar-refractivity contribution in [3.8, 4) is 5.75 Å². The van der Waals surface area contributed by atoms with Crippen LogP contribution in [0.25, 0.3) is 0 Å². The van der Waals surface area contributed by atoms with E-state index in [-0.39, 0.29) is 5.84 Å². The van der Waals surface area contributed by atoms with Gasteiger partial charge in [0, 0.05) is 5.56 Å². The number of rotatable bonds is 3. The average Bonchev–Trinajstić information content (AvgIpc) is 2.18. The highest BCUT2D eigenvalue weighted by molar-refractivity contribution is 5.95. The minimum atomic E-state index is -0.675. The number of nitrogens with two attached hydrogens (primary N) is 2. The number of amidine groups is 1. The third-order valence-electron chi connectivity index (χ3n) is 1.74. The fourth-order valence-corrected chi connectivity index (χ4v) is 0.936. The summed E-state index contributed by atoms with van der Waals surface area (Å²) in [5.41, 5.74) is 11.1. The fraction of sp³-hybridized carbons (Fsp3) is 0.200. The zero-order valence-electron chi connectivity index (χ0n) is 8.36. The van der Waals surface area contributed by atoms with Crippen molar-refractivity contribution in [2.75, 3.05) is 0 Å². The monoisotopic (exact) mass is 207 g/mol. The molecule has 0 aromatic heterocycles. The van der Waals surface area contributed by atoms with Crippen LogP contribution in [0.1, 0.15) is 12.5 Å². The van der Waals surface area contributed by atoms with Crippen LogP contribution in [0.4, 0.5) is 0 Å². The summed E-state index contributed by atoms with van der Waals surface area (Å²) >= 11 is 0. The Labute approximate surface area is 87.5 Å². The summed E-state index contributed by atoms with van der Waals surface area (Å²) in [6, 6.07) is 5.76. The molecule has 5 N–H and O–H groups in total. The van der Waals surface area contributed by atoms with Gasteiger partial charge < -0.3 is 16.2 Å². The molecular weight excluding hydrogens is 194 g/mol. The van der Waals surface area contributed by atoms with Gasteiger partial charge in [-0.2, -0.15) is 0 Å². The molecule has 0 heterocycles. The minimum absolute atomic E-state index is 0.0753. The highest BCUT2D eigenvalue weighted by Gasteiger charge is 2.10. The first kappa shape index (κ1) is 11.2. The third-order valence-corrected chi connectivity index (χ3v) is 1.74. The second kappa shape index (κ2) is 4.56. The molecule has 0 saturated heterocycles. The lowest BCUT2D eigenvalue weighted by Gasteiger charge is -2.07. The van der Waals surface area contributed by atoms with Crippen molar-refractivity contribution in [1.29, 1.82) is 5.41 Å². The standard InChI is InChI=1S/C10H13N3O2/c1-6(11)10(14)15-8-4-2-3-7(5-8)9(12)13/h2-6H,11H2,1H3,(H3,12,13)/t6-/m0/s1. The van der Waals surface area contributed by atoms with E-state index < -0.39 is 12.0 Å². The number of nitrogens with one attached hydrogen (secondary N) is 1. The van der Waals surface area contributed by atoms with Crippen LogP contribution in [0.3, 0.4) is 0 Å². The van der Waals surface area contributed by atoms with Gasteiger partial charge in [0.05, 0.1) is 0 Å². The highest BCUT2D eigenvalue weighted by atomic mass is 16.5. The normalized spacial score (nSPS) is 11.9. The smallest absolute Gasteiger partial charge is 0.328 e. The molecule has 80 valence electrons. The van der Waals surface area contributed by atoms with E-state index in [4.69, 9.17) is 21.6 Å². The molecule has 1 aromatic carbocycles. The van der Waals surface area contributed by atoms with E-state index >= 15 is 0 Å². The van der Waals surface area contributed by atoms with E-state index in [0.717, 1.165) is 0 Å². The summed E-state index contributed by atoms with van der Waals surface area (Å²) in [6.45, 7) is 1.54. The van der Waals surface area contributed by atoms with Crippen molar-refractivity contribution in [2.45, 2.75) is 13.0 Å². The van der Waals surface area contributed by atoms with E-state index in [1.165, 1.54) is 13.0 Å².